The summed E-state index contributed by atoms with van der Waals surface area (Å²) < 4.78 is 1.17. The zero-order valence-corrected chi connectivity index (χ0v) is 11.4. The third-order valence-corrected chi connectivity index (χ3v) is 3.40. The number of aromatic nitrogens is 2. The van der Waals surface area contributed by atoms with Crippen LogP contribution in [-0.4, -0.2) is 27.8 Å². The number of hydrogen-bond acceptors (Lipinski definition) is 3. The van der Waals surface area contributed by atoms with Gasteiger partial charge in [0.15, 0.2) is 0 Å². The molecule has 1 heterocycles. The van der Waals surface area contributed by atoms with Gasteiger partial charge in [-0.15, -0.1) is 0 Å². The van der Waals surface area contributed by atoms with Crippen molar-refractivity contribution in [2.45, 2.75) is 45.6 Å². The van der Waals surface area contributed by atoms with Crippen molar-refractivity contribution in [1.82, 2.24) is 15.1 Å². The molecule has 1 fully saturated rings. The summed E-state index contributed by atoms with van der Waals surface area (Å²) in [6.45, 7) is 5.65. The molecule has 1 aliphatic carbocycles. The van der Waals surface area contributed by atoms with Gasteiger partial charge < -0.3 is 11.1 Å². The lowest BCUT2D eigenvalue weighted by Crippen LogP contribution is -2.48. The first-order chi connectivity index (χ1) is 8.79. The van der Waals surface area contributed by atoms with Gasteiger partial charge in [-0.25, -0.2) is 4.79 Å². The van der Waals surface area contributed by atoms with Crippen molar-refractivity contribution in [2.24, 2.45) is 11.1 Å². The Balaban J connectivity index is 1.92. The number of primary amides is 1. The molecular formula is C13H19N4O2. The van der Waals surface area contributed by atoms with E-state index in [1.54, 1.807) is 6.07 Å². The topological polar surface area (TPSA) is 90.0 Å². The quantitative estimate of drug-likeness (QED) is 0.834. The average molecular weight is 263 g/mol. The fourth-order valence-electron chi connectivity index (χ4n) is 2.12. The van der Waals surface area contributed by atoms with Crippen LogP contribution in [0.3, 0.4) is 0 Å². The second-order valence-corrected chi connectivity index (χ2v) is 6.04. The maximum absolute atomic E-state index is 11.8. The van der Waals surface area contributed by atoms with Crippen molar-refractivity contribution in [1.29, 1.82) is 0 Å². The summed E-state index contributed by atoms with van der Waals surface area (Å²) in [6.07, 6.45) is 4.23. The summed E-state index contributed by atoms with van der Waals surface area (Å²) in [5.41, 5.74) is 5.61. The Morgan fingerprint density at radius 3 is 2.63 bits per heavy atom. The molecule has 1 aromatic rings. The summed E-state index contributed by atoms with van der Waals surface area (Å²) in [6, 6.07) is 1.24. The number of rotatable bonds is 2. The van der Waals surface area contributed by atoms with E-state index in [1.807, 2.05) is 20.8 Å². The molecule has 0 saturated heterocycles. The summed E-state index contributed by atoms with van der Waals surface area (Å²) in [7, 11) is 0. The molecule has 6 nitrogen and oxygen atoms in total. The van der Waals surface area contributed by atoms with Gasteiger partial charge >= 0.3 is 6.03 Å². The Kier molecular flexibility index (Phi) is 3.34. The molecule has 2 rings (SSSR count). The van der Waals surface area contributed by atoms with E-state index in [-0.39, 0.29) is 23.3 Å². The molecule has 103 valence electrons. The van der Waals surface area contributed by atoms with E-state index in [0.717, 1.165) is 18.5 Å². The Morgan fingerprint density at radius 2 is 2.11 bits per heavy atom. The van der Waals surface area contributed by atoms with E-state index in [9.17, 15) is 9.59 Å². The second-order valence-electron chi connectivity index (χ2n) is 6.04. The van der Waals surface area contributed by atoms with Gasteiger partial charge in [-0.05, 0) is 18.9 Å². The van der Waals surface area contributed by atoms with Crippen LogP contribution in [0.4, 0.5) is 4.79 Å². The molecule has 0 aromatic carbocycles. The fourth-order valence-corrected chi connectivity index (χ4v) is 2.12. The van der Waals surface area contributed by atoms with Gasteiger partial charge in [0.1, 0.15) is 6.20 Å². The van der Waals surface area contributed by atoms with Crippen molar-refractivity contribution in [3.05, 3.63) is 18.0 Å². The number of carbonyl (C=O) groups is 2. The van der Waals surface area contributed by atoms with Gasteiger partial charge in [0.25, 0.3) is 0 Å². The highest BCUT2D eigenvalue weighted by atomic mass is 16.2. The molecule has 6 heteroatoms. The van der Waals surface area contributed by atoms with Crippen LogP contribution in [0, 0.1) is 11.6 Å². The SMILES string of the molecule is CC(C)(C)C(=O)NC1CC(c2c[c]nn2C(N)=O)C1. The molecule has 2 amide bonds. The summed E-state index contributed by atoms with van der Waals surface area (Å²) in [5, 5.41) is 6.78. The standard InChI is InChI=1S/C13H19N4O2/c1-13(2,3)11(18)16-9-6-8(7-9)10-4-5-15-17(10)12(14)19/h4,8-9H,6-7H2,1-3H3,(H2,14,19)(H,16,18). The number of nitrogens with zero attached hydrogens (tertiary/aromatic N) is 2. The lowest BCUT2D eigenvalue weighted by Gasteiger charge is -2.37. The van der Waals surface area contributed by atoms with Gasteiger partial charge in [-0.2, -0.15) is 9.78 Å². The number of nitrogens with two attached hydrogens (primary N) is 1. The van der Waals surface area contributed by atoms with E-state index in [4.69, 9.17) is 5.73 Å². The maximum Gasteiger partial charge on any atom is 0.339 e. The van der Waals surface area contributed by atoms with Gasteiger partial charge in [0.05, 0.1) is 5.69 Å². The van der Waals surface area contributed by atoms with Crippen LogP contribution in [0.15, 0.2) is 6.07 Å². The second kappa shape index (κ2) is 4.68. The van der Waals surface area contributed by atoms with Gasteiger partial charge in [-0.1, -0.05) is 20.8 Å². The molecule has 0 bridgehead atoms. The molecule has 1 aromatic heterocycles. The lowest BCUT2D eigenvalue weighted by atomic mass is 9.77. The highest BCUT2D eigenvalue weighted by Gasteiger charge is 2.35. The molecule has 3 N–H and O–H groups in total. The van der Waals surface area contributed by atoms with Crippen LogP contribution >= 0.6 is 0 Å². The molecule has 0 atom stereocenters. The zero-order chi connectivity index (χ0) is 14.2. The Morgan fingerprint density at radius 1 is 1.47 bits per heavy atom. The van der Waals surface area contributed by atoms with E-state index in [2.05, 4.69) is 16.6 Å². The molecule has 1 aliphatic rings. The van der Waals surface area contributed by atoms with Crippen molar-refractivity contribution in [2.75, 3.05) is 0 Å². The van der Waals surface area contributed by atoms with Gasteiger partial charge in [-0.3, -0.25) is 4.79 Å². The van der Waals surface area contributed by atoms with E-state index >= 15 is 0 Å². The monoisotopic (exact) mass is 263 g/mol. The van der Waals surface area contributed by atoms with E-state index < -0.39 is 6.03 Å². The first kappa shape index (κ1) is 13.6. The number of nitrogens with one attached hydrogen (secondary N) is 1. The summed E-state index contributed by atoms with van der Waals surface area (Å²) in [5.74, 6) is 0.252. The normalized spacial score (nSPS) is 22.7. The van der Waals surface area contributed by atoms with Crippen LogP contribution < -0.4 is 11.1 Å². The number of hydrogen-bond donors (Lipinski definition) is 2. The van der Waals surface area contributed by atoms with Gasteiger partial charge in [0, 0.05) is 17.4 Å². The molecular weight excluding hydrogens is 244 g/mol. The third kappa shape index (κ3) is 2.77. The first-order valence-electron chi connectivity index (χ1n) is 6.36. The van der Waals surface area contributed by atoms with Crippen LogP contribution in [0.5, 0.6) is 0 Å². The highest BCUT2D eigenvalue weighted by molar-refractivity contribution is 5.81. The predicted molar refractivity (Wildman–Crippen MR) is 69.4 cm³/mol. The lowest BCUT2D eigenvalue weighted by molar-refractivity contribution is -0.129. The minimum Gasteiger partial charge on any atom is -0.353 e. The molecule has 0 unspecified atom stereocenters. The van der Waals surface area contributed by atoms with Crippen LogP contribution in [-0.2, 0) is 4.79 Å². The van der Waals surface area contributed by atoms with E-state index in [0.29, 0.717) is 0 Å². The van der Waals surface area contributed by atoms with E-state index in [1.165, 1.54) is 4.68 Å². The minimum atomic E-state index is -0.599. The molecule has 1 saturated carbocycles. The van der Waals surface area contributed by atoms with Crippen molar-refractivity contribution >= 4 is 11.9 Å². The molecule has 0 aliphatic heterocycles. The van der Waals surface area contributed by atoms with Crippen molar-refractivity contribution in [3.63, 3.8) is 0 Å². The van der Waals surface area contributed by atoms with Crippen molar-refractivity contribution < 1.29 is 9.59 Å². The predicted octanol–water partition coefficient (Wildman–Crippen LogP) is 1.02. The molecule has 19 heavy (non-hydrogen) atoms. The molecule has 1 radical (unpaired) electrons. The Labute approximate surface area is 112 Å². The van der Waals surface area contributed by atoms with Crippen LogP contribution in [0.1, 0.15) is 45.2 Å². The van der Waals surface area contributed by atoms with Gasteiger partial charge in [0.2, 0.25) is 5.91 Å². The first-order valence-corrected chi connectivity index (χ1v) is 6.36. The van der Waals surface area contributed by atoms with Crippen molar-refractivity contribution in [3.8, 4) is 0 Å². The fraction of sp³-hybridized carbons (Fsp3) is 0.615. The largest absolute Gasteiger partial charge is 0.353 e. The highest BCUT2D eigenvalue weighted by Crippen LogP contribution is 2.37. The van der Waals surface area contributed by atoms with Crippen LogP contribution in [0.25, 0.3) is 0 Å². The smallest absolute Gasteiger partial charge is 0.339 e. The summed E-state index contributed by atoms with van der Waals surface area (Å²) >= 11 is 0. The zero-order valence-electron chi connectivity index (χ0n) is 11.4. The third-order valence-electron chi connectivity index (χ3n) is 3.40. The number of carbonyl (C=O) groups excluding carboxylic acids is 2. The minimum absolute atomic E-state index is 0.0471. The Bertz CT molecular complexity index is 495. The maximum atomic E-state index is 11.8. The molecule has 0 spiro atoms. The average Bonchev–Trinajstić information content (AvgIpc) is 2.69. The summed E-state index contributed by atoms with van der Waals surface area (Å²) in [4.78, 5) is 23.0. The Hall–Kier alpha value is -1.85. The van der Waals surface area contributed by atoms with Crippen LogP contribution in [0.2, 0.25) is 0 Å². The number of amides is 2.